The molecule has 0 fully saturated rings. The van der Waals surface area contributed by atoms with Gasteiger partial charge in [0, 0.05) is 25.6 Å². The van der Waals surface area contributed by atoms with E-state index in [4.69, 9.17) is 9.47 Å². The predicted molar refractivity (Wildman–Crippen MR) is 109 cm³/mol. The molecule has 0 radical (unpaired) electrons. The summed E-state index contributed by atoms with van der Waals surface area (Å²) in [6.07, 6.45) is 2.79. The Morgan fingerprint density at radius 1 is 1.23 bits per heavy atom. The molecule has 0 saturated carbocycles. The highest BCUT2D eigenvalue weighted by Gasteiger charge is 2.35. The molecule has 0 bridgehead atoms. The lowest BCUT2D eigenvalue weighted by Crippen LogP contribution is -2.45. The number of amides is 1. The molecule has 0 aliphatic carbocycles. The van der Waals surface area contributed by atoms with Gasteiger partial charge in [-0.1, -0.05) is 6.92 Å². The van der Waals surface area contributed by atoms with Gasteiger partial charge in [-0.05, 0) is 45.2 Å². The normalized spacial score (nSPS) is 16.4. The fraction of sp³-hybridized carbons (Fsp3) is 0.545. The molecule has 164 valence electrons. The van der Waals surface area contributed by atoms with Crippen LogP contribution in [0.1, 0.15) is 57.2 Å². The van der Waals surface area contributed by atoms with Crippen LogP contribution in [0.2, 0.25) is 0 Å². The zero-order chi connectivity index (χ0) is 22.1. The number of carbonyl (C=O) groups is 1. The van der Waals surface area contributed by atoms with Crippen LogP contribution in [-0.2, 0) is 24.1 Å². The molecule has 8 heteroatoms. The van der Waals surface area contributed by atoms with Gasteiger partial charge in [0.1, 0.15) is 17.2 Å². The van der Waals surface area contributed by atoms with Gasteiger partial charge in [0.2, 0.25) is 0 Å². The van der Waals surface area contributed by atoms with E-state index in [0.29, 0.717) is 19.5 Å². The molecule has 1 aromatic carbocycles. The largest absolute Gasteiger partial charge is 0.494 e. The van der Waals surface area contributed by atoms with Crippen LogP contribution < -0.4 is 4.74 Å². The molecule has 6 nitrogen and oxygen atoms in total. The third-order valence-corrected chi connectivity index (χ3v) is 5.20. The lowest BCUT2D eigenvalue weighted by Gasteiger charge is -2.38. The zero-order valence-electron chi connectivity index (χ0n) is 18.2. The minimum atomic E-state index is -0.626. The van der Waals surface area contributed by atoms with Crippen LogP contribution in [0.3, 0.4) is 0 Å². The molecule has 0 saturated heterocycles. The highest BCUT2D eigenvalue weighted by molar-refractivity contribution is 5.69. The zero-order valence-corrected chi connectivity index (χ0v) is 18.2. The molecule has 1 aromatic heterocycles. The van der Waals surface area contributed by atoms with Gasteiger partial charge in [-0.2, -0.15) is 0 Å². The van der Waals surface area contributed by atoms with Crippen molar-refractivity contribution < 1.29 is 23.0 Å². The van der Waals surface area contributed by atoms with E-state index in [-0.39, 0.29) is 23.8 Å². The van der Waals surface area contributed by atoms with Crippen molar-refractivity contribution >= 4 is 6.09 Å². The van der Waals surface area contributed by atoms with Crippen molar-refractivity contribution in [1.29, 1.82) is 0 Å². The standard InChI is InChI=1S/C22H29F2N3O3/c1-6-20-25-13-18-17(8-7-14-11-16(24)19(29-5)12-15(14)23)27(10-9-26(18)20)21(28)30-22(2,3)4/h11-13,17H,6-10H2,1-5H3. The quantitative estimate of drug-likeness (QED) is 0.705. The highest BCUT2D eigenvalue weighted by Crippen LogP contribution is 2.33. The second-order valence-electron chi connectivity index (χ2n) is 8.41. The van der Waals surface area contributed by atoms with Gasteiger partial charge in [0.15, 0.2) is 11.6 Å². The monoisotopic (exact) mass is 421 g/mol. The predicted octanol–water partition coefficient (Wildman–Crippen LogP) is 4.66. The summed E-state index contributed by atoms with van der Waals surface area (Å²) in [7, 11) is 1.30. The number of ether oxygens (including phenoxy) is 2. The van der Waals surface area contributed by atoms with Crippen LogP contribution >= 0.6 is 0 Å². The van der Waals surface area contributed by atoms with Gasteiger partial charge in [0.25, 0.3) is 0 Å². The second kappa shape index (κ2) is 8.62. The summed E-state index contributed by atoms with van der Waals surface area (Å²) in [6, 6.07) is 1.87. The Labute approximate surface area is 175 Å². The summed E-state index contributed by atoms with van der Waals surface area (Å²) in [5.41, 5.74) is 0.502. The summed E-state index contributed by atoms with van der Waals surface area (Å²) >= 11 is 0. The first-order chi connectivity index (χ1) is 14.1. The van der Waals surface area contributed by atoms with Crippen LogP contribution in [0, 0.1) is 11.6 Å². The second-order valence-corrected chi connectivity index (χ2v) is 8.41. The number of fused-ring (bicyclic) bond motifs is 1. The topological polar surface area (TPSA) is 56.6 Å². The number of aryl methyl sites for hydroxylation is 2. The number of methoxy groups -OCH3 is 1. The van der Waals surface area contributed by atoms with Crippen LogP contribution in [0.15, 0.2) is 18.3 Å². The molecule has 1 aliphatic rings. The highest BCUT2D eigenvalue weighted by atomic mass is 19.1. The van der Waals surface area contributed by atoms with E-state index in [0.717, 1.165) is 30.1 Å². The summed E-state index contributed by atoms with van der Waals surface area (Å²) < 4.78 is 41.0. The molecule has 1 unspecified atom stereocenters. The van der Waals surface area contributed by atoms with Gasteiger partial charge >= 0.3 is 6.09 Å². The molecule has 0 N–H and O–H groups in total. The molecule has 2 aromatic rings. The first-order valence-corrected chi connectivity index (χ1v) is 10.2. The number of benzene rings is 1. The van der Waals surface area contributed by atoms with Crippen LogP contribution in [0.5, 0.6) is 5.75 Å². The van der Waals surface area contributed by atoms with Crippen molar-refractivity contribution in [2.45, 2.75) is 65.1 Å². The van der Waals surface area contributed by atoms with Crippen molar-refractivity contribution in [2.75, 3.05) is 13.7 Å². The number of carbonyl (C=O) groups excluding carboxylic acids is 1. The number of hydrogen-bond donors (Lipinski definition) is 0. The number of rotatable bonds is 5. The average Bonchev–Trinajstić information content (AvgIpc) is 3.10. The molecule has 2 heterocycles. The molecule has 1 amide bonds. The number of imidazole rings is 1. The van der Waals surface area contributed by atoms with E-state index in [1.807, 2.05) is 27.7 Å². The van der Waals surface area contributed by atoms with Gasteiger partial charge in [0.05, 0.1) is 25.0 Å². The minimum absolute atomic E-state index is 0.130. The number of nitrogens with zero attached hydrogens (tertiary/aromatic N) is 3. The van der Waals surface area contributed by atoms with Crippen molar-refractivity contribution in [3.8, 4) is 5.75 Å². The van der Waals surface area contributed by atoms with Gasteiger partial charge in [-0.25, -0.2) is 18.6 Å². The van der Waals surface area contributed by atoms with Gasteiger partial charge in [-0.15, -0.1) is 0 Å². The number of aromatic nitrogens is 2. The molecule has 0 spiro atoms. The SMILES string of the molecule is CCc1ncc2n1CCN(C(=O)OC(C)(C)C)C2CCc1cc(F)c(OC)cc1F. The maximum atomic E-state index is 14.4. The summed E-state index contributed by atoms with van der Waals surface area (Å²) in [5, 5.41) is 0. The molecular formula is C22H29F2N3O3. The van der Waals surface area contributed by atoms with E-state index < -0.39 is 23.3 Å². The van der Waals surface area contributed by atoms with E-state index >= 15 is 0 Å². The van der Waals surface area contributed by atoms with Crippen molar-refractivity contribution in [3.05, 3.63) is 47.0 Å². The van der Waals surface area contributed by atoms with Gasteiger partial charge in [-0.3, -0.25) is 4.90 Å². The van der Waals surface area contributed by atoms with Crippen molar-refractivity contribution in [2.24, 2.45) is 0 Å². The Morgan fingerprint density at radius 2 is 1.97 bits per heavy atom. The third-order valence-electron chi connectivity index (χ3n) is 5.20. The number of hydrogen-bond acceptors (Lipinski definition) is 4. The Hall–Kier alpha value is -2.64. The lowest BCUT2D eigenvalue weighted by molar-refractivity contribution is 0.00945. The number of halogens is 2. The minimum Gasteiger partial charge on any atom is -0.494 e. The molecule has 1 aliphatic heterocycles. The van der Waals surface area contributed by atoms with E-state index in [9.17, 15) is 13.6 Å². The smallest absolute Gasteiger partial charge is 0.410 e. The average molecular weight is 421 g/mol. The molecular weight excluding hydrogens is 392 g/mol. The first kappa shape index (κ1) is 22.1. The van der Waals surface area contributed by atoms with E-state index in [2.05, 4.69) is 9.55 Å². The maximum absolute atomic E-state index is 14.4. The Bertz CT molecular complexity index is 921. The molecule has 1 atom stereocenters. The fourth-order valence-corrected chi connectivity index (χ4v) is 3.81. The lowest BCUT2D eigenvalue weighted by atomic mass is 10.00. The van der Waals surface area contributed by atoms with Crippen LogP contribution in [0.25, 0.3) is 0 Å². The summed E-state index contributed by atoms with van der Waals surface area (Å²) in [4.78, 5) is 19.0. The summed E-state index contributed by atoms with van der Waals surface area (Å²) in [6.45, 7) is 8.58. The van der Waals surface area contributed by atoms with Gasteiger partial charge < -0.3 is 14.0 Å². The fourth-order valence-electron chi connectivity index (χ4n) is 3.81. The van der Waals surface area contributed by atoms with Crippen LogP contribution in [-0.4, -0.2) is 39.8 Å². The first-order valence-electron chi connectivity index (χ1n) is 10.2. The molecule has 3 rings (SSSR count). The Kier molecular flexibility index (Phi) is 6.33. The van der Waals surface area contributed by atoms with Crippen LogP contribution in [0.4, 0.5) is 13.6 Å². The Morgan fingerprint density at radius 3 is 2.60 bits per heavy atom. The van der Waals surface area contributed by atoms with Crippen molar-refractivity contribution in [3.63, 3.8) is 0 Å². The van der Waals surface area contributed by atoms with E-state index in [1.54, 1.807) is 11.1 Å². The third kappa shape index (κ3) is 4.57. The molecule has 30 heavy (non-hydrogen) atoms. The van der Waals surface area contributed by atoms with Crippen molar-refractivity contribution in [1.82, 2.24) is 14.5 Å². The summed E-state index contributed by atoms with van der Waals surface area (Å²) in [5.74, 6) is -0.328. The Balaban J connectivity index is 1.88. The maximum Gasteiger partial charge on any atom is 0.410 e. The van der Waals surface area contributed by atoms with E-state index in [1.165, 1.54) is 7.11 Å².